The number of nitrogen functional groups attached to an aromatic ring is 1. The molecule has 1 aromatic rings. The van der Waals surface area contributed by atoms with Gasteiger partial charge in [-0.05, 0) is 38.0 Å². The number of aliphatic hydroxyl groups excluding tert-OH is 1. The van der Waals surface area contributed by atoms with E-state index in [0.29, 0.717) is 17.0 Å². The van der Waals surface area contributed by atoms with Gasteiger partial charge in [-0.25, -0.2) is 12.7 Å². The van der Waals surface area contributed by atoms with E-state index >= 15 is 0 Å². The molecule has 0 amide bonds. The van der Waals surface area contributed by atoms with Gasteiger partial charge in [-0.15, -0.1) is 0 Å². The molecule has 3 N–H and O–H groups in total. The Morgan fingerprint density at radius 2 is 2.05 bits per heavy atom. The van der Waals surface area contributed by atoms with Crippen molar-refractivity contribution in [3.8, 4) is 0 Å². The molecule has 108 valence electrons. The number of anilines is 1. The average Bonchev–Trinajstić information content (AvgIpc) is 2.31. The minimum absolute atomic E-state index is 0.111. The zero-order valence-corrected chi connectivity index (χ0v) is 12.8. The van der Waals surface area contributed by atoms with Crippen LogP contribution in [-0.4, -0.2) is 37.5 Å². The van der Waals surface area contributed by atoms with E-state index in [9.17, 15) is 13.5 Å². The summed E-state index contributed by atoms with van der Waals surface area (Å²) >= 11 is 5.92. The fourth-order valence-corrected chi connectivity index (χ4v) is 3.00. The first-order valence-electron chi connectivity index (χ1n) is 5.86. The van der Waals surface area contributed by atoms with Gasteiger partial charge in [0, 0.05) is 13.6 Å². The minimum atomic E-state index is -3.61. The second-order valence-electron chi connectivity index (χ2n) is 4.61. The van der Waals surface area contributed by atoms with E-state index in [2.05, 4.69) is 0 Å². The monoisotopic (exact) mass is 306 g/mol. The van der Waals surface area contributed by atoms with Gasteiger partial charge in [0.15, 0.2) is 0 Å². The highest BCUT2D eigenvalue weighted by Crippen LogP contribution is 2.28. The van der Waals surface area contributed by atoms with Crippen LogP contribution < -0.4 is 5.73 Å². The molecule has 0 aromatic heterocycles. The molecule has 0 radical (unpaired) electrons. The van der Waals surface area contributed by atoms with E-state index < -0.39 is 16.1 Å². The van der Waals surface area contributed by atoms with Crippen LogP contribution in [0.4, 0.5) is 5.69 Å². The van der Waals surface area contributed by atoms with Crippen molar-refractivity contribution in [1.29, 1.82) is 0 Å². The van der Waals surface area contributed by atoms with E-state index in [4.69, 9.17) is 17.3 Å². The lowest BCUT2D eigenvalue weighted by Crippen LogP contribution is -2.29. The number of rotatable bonds is 5. The Hall–Kier alpha value is -0.820. The summed E-state index contributed by atoms with van der Waals surface area (Å²) in [6, 6.07) is 2.84. The van der Waals surface area contributed by atoms with Crippen molar-refractivity contribution >= 4 is 27.3 Å². The van der Waals surface area contributed by atoms with Crippen molar-refractivity contribution in [2.45, 2.75) is 31.3 Å². The molecule has 0 bridgehead atoms. The molecule has 1 rings (SSSR count). The number of hydrogen-bond acceptors (Lipinski definition) is 4. The third-order valence-electron chi connectivity index (χ3n) is 2.83. The van der Waals surface area contributed by atoms with Crippen LogP contribution in [0.25, 0.3) is 0 Å². The van der Waals surface area contributed by atoms with Gasteiger partial charge in [0.2, 0.25) is 10.0 Å². The molecule has 1 atom stereocenters. The van der Waals surface area contributed by atoms with Gasteiger partial charge >= 0.3 is 0 Å². The molecule has 1 aromatic carbocycles. The summed E-state index contributed by atoms with van der Waals surface area (Å²) < 4.78 is 25.8. The summed E-state index contributed by atoms with van der Waals surface area (Å²) in [5.74, 6) is 0. The predicted octanol–water partition coefficient (Wildman–Crippen LogP) is 1.62. The smallest absolute Gasteiger partial charge is 0.242 e. The van der Waals surface area contributed by atoms with Crippen molar-refractivity contribution in [3.05, 3.63) is 22.7 Å². The fraction of sp³-hybridized carbons (Fsp3) is 0.500. The molecule has 19 heavy (non-hydrogen) atoms. The van der Waals surface area contributed by atoms with Gasteiger partial charge in [0.25, 0.3) is 0 Å². The standard InChI is InChI=1S/C12H19ClN2O3S/c1-8-6-10(7-11(14)12(8)13)19(17,18)15(3)5-4-9(2)16/h6-7,9,16H,4-5,14H2,1-3H3. The number of aryl methyl sites for hydroxylation is 1. The summed E-state index contributed by atoms with van der Waals surface area (Å²) in [6.07, 6.45) is -0.174. The van der Waals surface area contributed by atoms with Gasteiger partial charge in [-0.1, -0.05) is 11.6 Å². The lowest BCUT2D eigenvalue weighted by molar-refractivity contribution is 0.177. The average molecular weight is 307 g/mol. The molecule has 0 saturated carbocycles. The number of nitrogens with zero attached hydrogens (tertiary/aromatic N) is 1. The van der Waals surface area contributed by atoms with Crippen LogP contribution in [0.2, 0.25) is 5.02 Å². The zero-order chi connectivity index (χ0) is 14.8. The second-order valence-corrected chi connectivity index (χ2v) is 7.03. The number of nitrogens with two attached hydrogens (primary N) is 1. The van der Waals surface area contributed by atoms with Crippen LogP contribution in [0, 0.1) is 6.92 Å². The third-order valence-corrected chi connectivity index (χ3v) is 5.18. The zero-order valence-electron chi connectivity index (χ0n) is 11.2. The highest BCUT2D eigenvalue weighted by Gasteiger charge is 2.22. The topological polar surface area (TPSA) is 83.6 Å². The van der Waals surface area contributed by atoms with Crippen LogP contribution in [0.1, 0.15) is 18.9 Å². The van der Waals surface area contributed by atoms with Gasteiger partial charge in [-0.2, -0.15) is 0 Å². The molecule has 0 heterocycles. The largest absolute Gasteiger partial charge is 0.397 e. The first-order valence-corrected chi connectivity index (χ1v) is 7.68. The van der Waals surface area contributed by atoms with Crippen LogP contribution in [0.5, 0.6) is 0 Å². The molecule has 0 aliphatic rings. The van der Waals surface area contributed by atoms with Crippen LogP contribution in [-0.2, 0) is 10.0 Å². The summed E-state index contributed by atoms with van der Waals surface area (Å²) in [5, 5.41) is 9.57. The van der Waals surface area contributed by atoms with Crippen molar-refractivity contribution in [1.82, 2.24) is 4.31 Å². The van der Waals surface area contributed by atoms with Crippen LogP contribution in [0.3, 0.4) is 0 Å². The van der Waals surface area contributed by atoms with Crippen molar-refractivity contribution < 1.29 is 13.5 Å². The molecule has 1 unspecified atom stereocenters. The number of sulfonamides is 1. The molecule has 5 nitrogen and oxygen atoms in total. The first kappa shape index (κ1) is 16.2. The highest BCUT2D eigenvalue weighted by molar-refractivity contribution is 7.89. The Morgan fingerprint density at radius 3 is 2.53 bits per heavy atom. The van der Waals surface area contributed by atoms with E-state index in [1.165, 1.54) is 23.5 Å². The van der Waals surface area contributed by atoms with E-state index in [1.54, 1.807) is 13.8 Å². The maximum absolute atomic E-state index is 12.3. The maximum Gasteiger partial charge on any atom is 0.242 e. The third kappa shape index (κ3) is 3.82. The van der Waals surface area contributed by atoms with Gasteiger partial charge < -0.3 is 10.8 Å². The van der Waals surface area contributed by atoms with Gasteiger partial charge in [0.05, 0.1) is 21.7 Å². The summed E-state index contributed by atoms with van der Waals surface area (Å²) in [5.41, 5.74) is 6.54. The van der Waals surface area contributed by atoms with Gasteiger partial charge in [0.1, 0.15) is 0 Å². The van der Waals surface area contributed by atoms with Crippen molar-refractivity contribution in [3.63, 3.8) is 0 Å². The molecular weight excluding hydrogens is 288 g/mol. The van der Waals surface area contributed by atoms with E-state index in [0.717, 1.165) is 0 Å². The van der Waals surface area contributed by atoms with Crippen LogP contribution in [0.15, 0.2) is 17.0 Å². The van der Waals surface area contributed by atoms with E-state index in [1.807, 2.05) is 0 Å². The molecule has 0 fully saturated rings. The SMILES string of the molecule is Cc1cc(S(=O)(=O)N(C)CCC(C)O)cc(N)c1Cl. The molecular formula is C12H19ClN2O3S. The molecule has 0 spiro atoms. The molecule has 0 aliphatic carbocycles. The fourth-order valence-electron chi connectivity index (χ4n) is 1.58. The van der Waals surface area contributed by atoms with Crippen molar-refractivity contribution in [2.75, 3.05) is 19.3 Å². The Bertz CT molecular complexity index is 535. The second kappa shape index (κ2) is 6.09. The summed E-state index contributed by atoms with van der Waals surface area (Å²) in [6.45, 7) is 3.56. The summed E-state index contributed by atoms with van der Waals surface area (Å²) in [4.78, 5) is 0.111. The molecule has 7 heteroatoms. The Balaban J connectivity index is 3.07. The Morgan fingerprint density at radius 1 is 1.47 bits per heavy atom. The maximum atomic E-state index is 12.3. The number of hydrogen-bond donors (Lipinski definition) is 2. The first-order chi connectivity index (χ1) is 8.66. The molecule has 0 aliphatic heterocycles. The lowest BCUT2D eigenvalue weighted by Gasteiger charge is -2.19. The van der Waals surface area contributed by atoms with Crippen LogP contribution >= 0.6 is 11.6 Å². The summed E-state index contributed by atoms with van der Waals surface area (Å²) in [7, 11) is -2.14. The highest BCUT2D eigenvalue weighted by atomic mass is 35.5. The normalized spacial score (nSPS) is 13.8. The van der Waals surface area contributed by atoms with Gasteiger partial charge in [-0.3, -0.25) is 0 Å². The number of aliphatic hydroxyl groups is 1. The number of benzene rings is 1. The van der Waals surface area contributed by atoms with E-state index in [-0.39, 0.29) is 17.1 Å². The minimum Gasteiger partial charge on any atom is -0.397 e. The molecule has 0 saturated heterocycles. The Labute approximate surface area is 119 Å². The quantitative estimate of drug-likeness (QED) is 0.810. The number of halogens is 1. The van der Waals surface area contributed by atoms with Crippen molar-refractivity contribution in [2.24, 2.45) is 0 Å². The lowest BCUT2D eigenvalue weighted by atomic mass is 10.2. The Kier molecular flexibility index (Phi) is 5.20. The predicted molar refractivity (Wildman–Crippen MR) is 76.7 cm³/mol.